The Morgan fingerprint density at radius 2 is 1.94 bits per heavy atom. The molecule has 2 aromatic heterocycles. The van der Waals surface area contributed by atoms with Gasteiger partial charge in [-0.2, -0.15) is 13.2 Å². The van der Waals surface area contributed by atoms with Gasteiger partial charge in [-0.3, -0.25) is 9.59 Å². The van der Waals surface area contributed by atoms with Crippen molar-refractivity contribution in [1.29, 1.82) is 0 Å². The third-order valence-corrected chi connectivity index (χ3v) is 6.42. The largest absolute Gasteiger partial charge is 0.484 e. The van der Waals surface area contributed by atoms with Crippen LogP contribution in [0.25, 0.3) is 10.4 Å². The van der Waals surface area contributed by atoms with E-state index in [0.29, 0.717) is 27.6 Å². The number of rotatable bonds is 7. The van der Waals surface area contributed by atoms with Crippen LogP contribution in [0.2, 0.25) is 0 Å². The van der Waals surface area contributed by atoms with E-state index in [1.54, 1.807) is 22.9 Å². The molecule has 11 heteroatoms. The van der Waals surface area contributed by atoms with Crippen LogP contribution >= 0.6 is 11.3 Å². The molecule has 1 aromatic carbocycles. The SMILES string of the molecule is COC(=O)c1nc(CC(=O)C2CCC(=O)c3cccn32)sc1-c1ccc(OCC(F)(F)F)cc1. The third kappa shape index (κ3) is 5.04. The molecule has 34 heavy (non-hydrogen) atoms. The lowest BCUT2D eigenvalue weighted by Crippen LogP contribution is -2.28. The monoisotopic (exact) mass is 492 g/mol. The molecule has 0 N–H and O–H groups in total. The van der Waals surface area contributed by atoms with Gasteiger partial charge in [0.05, 0.1) is 30.1 Å². The van der Waals surface area contributed by atoms with Crippen molar-refractivity contribution >= 4 is 28.9 Å². The van der Waals surface area contributed by atoms with Crippen molar-refractivity contribution in [2.45, 2.75) is 31.5 Å². The number of carbonyl (C=O) groups is 3. The van der Waals surface area contributed by atoms with Gasteiger partial charge in [0.15, 0.2) is 23.9 Å². The summed E-state index contributed by atoms with van der Waals surface area (Å²) in [5, 5.41) is 0.392. The van der Waals surface area contributed by atoms with E-state index in [9.17, 15) is 27.6 Å². The number of fused-ring (bicyclic) bond motifs is 1. The van der Waals surface area contributed by atoms with E-state index in [4.69, 9.17) is 9.47 Å². The van der Waals surface area contributed by atoms with Gasteiger partial charge in [-0.25, -0.2) is 9.78 Å². The van der Waals surface area contributed by atoms with Gasteiger partial charge >= 0.3 is 12.1 Å². The highest BCUT2D eigenvalue weighted by atomic mass is 32.1. The summed E-state index contributed by atoms with van der Waals surface area (Å²) in [6, 6.07) is 8.64. The van der Waals surface area contributed by atoms with Crippen molar-refractivity contribution < 1.29 is 37.0 Å². The first-order chi connectivity index (χ1) is 16.2. The molecule has 0 amide bonds. The predicted octanol–water partition coefficient (Wildman–Crippen LogP) is 4.67. The number of ketones is 2. The molecule has 1 unspecified atom stereocenters. The zero-order valence-corrected chi connectivity index (χ0v) is 18.7. The summed E-state index contributed by atoms with van der Waals surface area (Å²) < 4.78 is 48.3. The number of methoxy groups -OCH3 is 1. The normalized spacial score (nSPS) is 15.6. The molecule has 1 atom stereocenters. The molecule has 0 fully saturated rings. The Labute approximate surface area is 196 Å². The van der Waals surface area contributed by atoms with E-state index in [-0.39, 0.29) is 35.9 Å². The lowest BCUT2D eigenvalue weighted by molar-refractivity contribution is -0.153. The third-order valence-electron chi connectivity index (χ3n) is 5.31. The zero-order chi connectivity index (χ0) is 24.5. The number of hydrogen-bond donors (Lipinski definition) is 0. The van der Waals surface area contributed by atoms with Gasteiger partial charge in [0.2, 0.25) is 0 Å². The van der Waals surface area contributed by atoms with Gasteiger partial charge < -0.3 is 14.0 Å². The van der Waals surface area contributed by atoms with Crippen LogP contribution < -0.4 is 4.74 Å². The van der Waals surface area contributed by atoms with Crippen LogP contribution in [0, 0.1) is 0 Å². The summed E-state index contributed by atoms with van der Waals surface area (Å²) in [4.78, 5) is 42.1. The van der Waals surface area contributed by atoms with Gasteiger partial charge in [0.1, 0.15) is 10.8 Å². The number of aromatic nitrogens is 2. The van der Waals surface area contributed by atoms with E-state index >= 15 is 0 Å². The van der Waals surface area contributed by atoms with Gasteiger partial charge in [-0.15, -0.1) is 11.3 Å². The number of benzene rings is 1. The minimum atomic E-state index is -4.46. The number of esters is 1. The fraction of sp³-hybridized carbons (Fsp3) is 0.304. The van der Waals surface area contributed by atoms with Crippen molar-refractivity contribution in [2.24, 2.45) is 0 Å². The fourth-order valence-electron chi connectivity index (χ4n) is 3.76. The van der Waals surface area contributed by atoms with E-state index in [1.807, 2.05) is 0 Å². The standard InChI is InChI=1S/C23H19F3N2O5S/c1-32-22(31)20-21(13-4-6-14(7-5-13)33-12-23(24,25)26)34-19(27-20)11-18(30)16-8-9-17(29)15-3-2-10-28(15)16/h2-7,10,16H,8-9,11-12H2,1H3. The van der Waals surface area contributed by atoms with Crippen LogP contribution in [-0.2, 0) is 16.0 Å². The summed E-state index contributed by atoms with van der Waals surface area (Å²) in [7, 11) is 1.21. The summed E-state index contributed by atoms with van der Waals surface area (Å²) >= 11 is 1.13. The van der Waals surface area contributed by atoms with Crippen molar-refractivity contribution in [2.75, 3.05) is 13.7 Å². The first kappa shape index (κ1) is 23.7. The number of carbonyl (C=O) groups excluding carboxylic acids is 3. The van der Waals surface area contributed by atoms with Crippen LogP contribution in [0.3, 0.4) is 0 Å². The molecule has 0 spiro atoms. The van der Waals surface area contributed by atoms with Gasteiger partial charge in [-0.1, -0.05) is 0 Å². The topological polar surface area (TPSA) is 87.5 Å². The van der Waals surface area contributed by atoms with E-state index in [1.165, 1.54) is 31.4 Å². The average Bonchev–Trinajstić information content (AvgIpc) is 3.45. The molecule has 1 aliphatic rings. The quantitative estimate of drug-likeness (QED) is 0.446. The van der Waals surface area contributed by atoms with Crippen molar-refractivity contribution in [3.63, 3.8) is 0 Å². The smallest absolute Gasteiger partial charge is 0.422 e. The van der Waals surface area contributed by atoms with Crippen LogP contribution in [0.15, 0.2) is 42.6 Å². The van der Waals surface area contributed by atoms with E-state index in [0.717, 1.165) is 11.3 Å². The maximum absolute atomic E-state index is 13.0. The number of alkyl halides is 3. The molecule has 3 aromatic rings. The maximum atomic E-state index is 13.0. The highest BCUT2D eigenvalue weighted by molar-refractivity contribution is 7.15. The average molecular weight is 492 g/mol. The minimum Gasteiger partial charge on any atom is -0.484 e. The molecule has 0 radical (unpaired) electrons. The minimum absolute atomic E-state index is 0.0128. The molecule has 0 aliphatic carbocycles. The first-order valence-corrected chi connectivity index (χ1v) is 11.1. The Balaban J connectivity index is 1.56. The Bertz CT molecular complexity index is 1230. The molecule has 0 bridgehead atoms. The number of hydrogen-bond acceptors (Lipinski definition) is 7. The summed E-state index contributed by atoms with van der Waals surface area (Å²) in [6.07, 6.45) is -2.13. The lowest BCUT2D eigenvalue weighted by atomic mass is 9.97. The van der Waals surface area contributed by atoms with Crippen molar-refractivity contribution in [3.05, 3.63) is 59.0 Å². The molecular weight excluding hydrogens is 473 g/mol. The Morgan fingerprint density at radius 3 is 2.62 bits per heavy atom. The van der Waals surface area contributed by atoms with Crippen molar-refractivity contribution in [3.8, 4) is 16.2 Å². The maximum Gasteiger partial charge on any atom is 0.422 e. The van der Waals surface area contributed by atoms with Crippen LogP contribution in [-0.4, -0.2) is 47.0 Å². The highest BCUT2D eigenvalue weighted by Crippen LogP contribution is 2.34. The Kier molecular flexibility index (Phi) is 6.56. The molecule has 178 valence electrons. The van der Waals surface area contributed by atoms with Crippen LogP contribution in [0.1, 0.15) is 44.9 Å². The second-order valence-corrected chi connectivity index (χ2v) is 8.71. The molecule has 7 nitrogen and oxygen atoms in total. The number of thiazole rings is 1. The molecule has 0 saturated heterocycles. The number of nitrogens with zero attached hydrogens (tertiary/aromatic N) is 2. The van der Waals surface area contributed by atoms with Gasteiger partial charge in [-0.05, 0) is 48.4 Å². The van der Waals surface area contributed by atoms with Crippen LogP contribution in [0.5, 0.6) is 5.75 Å². The number of halogens is 3. The second-order valence-electron chi connectivity index (χ2n) is 7.63. The molecule has 3 heterocycles. The fourth-order valence-corrected chi connectivity index (χ4v) is 4.82. The van der Waals surface area contributed by atoms with E-state index < -0.39 is 24.8 Å². The van der Waals surface area contributed by atoms with Gasteiger partial charge in [0, 0.05) is 12.6 Å². The van der Waals surface area contributed by atoms with E-state index in [2.05, 4.69) is 4.98 Å². The summed E-state index contributed by atoms with van der Waals surface area (Å²) in [5.41, 5.74) is 1.03. The first-order valence-electron chi connectivity index (χ1n) is 10.3. The number of Topliss-reactive ketones (excluding diaryl/α,β-unsaturated/α-hetero) is 2. The zero-order valence-electron chi connectivity index (χ0n) is 17.9. The van der Waals surface area contributed by atoms with Crippen molar-refractivity contribution in [1.82, 2.24) is 9.55 Å². The highest BCUT2D eigenvalue weighted by Gasteiger charge is 2.31. The molecule has 4 rings (SSSR count). The molecule has 0 saturated carbocycles. The Morgan fingerprint density at radius 1 is 1.21 bits per heavy atom. The Hall–Kier alpha value is -3.47. The summed E-state index contributed by atoms with van der Waals surface area (Å²) in [6.45, 7) is -1.41. The summed E-state index contributed by atoms with van der Waals surface area (Å²) in [5.74, 6) is -0.827. The van der Waals surface area contributed by atoms with Crippen LogP contribution in [0.4, 0.5) is 13.2 Å². The van der Waals surface area contributed by atoms with Gasteiger partial charge in [0.25, 0.3) is 0 Å². The number of ether oxygens (including phenoxy) is 2. The molecule has 1 aliphatic heterocycles. The predicted molar refractivity (Wildman–Crippen MR) is 116 cm³/mol. The lowest BCUT2D eigenvalue weighted by Gasteiger charge is -2.24. The molecular formula is C23H19F3N2O5S. The second kappa shape index (κ2) is 9.41.